The Kier molecular flexibility index (Phi) is 2.28. The Morgan fingerprint density at radius 1 is 1.45 bits per heavy atom. The van der Waals surface area contributed by atoms with Crippen molar-refractivity contribution in [3.63, 3.8) is 0 Å². The lowest BCUT2D eigenvalue weighted by molar-refractivity contribution is 0.605. The van der Waals surface area contributed by atoms with Crippen molar-refractivity contribution in [2.24, 2.45) is 5.14 Å². The van der Waals surface area contributed by atoms with Crippen LogP contribution in [0.5, 0.6) is 0 Å². The van der Waals surface area contributed by atoms with Crippen molar-refractivity contribution in [1.29, 1.82) is 0 Å². The molecule has 3 nitrogen and oxygen atoms in total. The van der Waals surface area contributed by atoms with Gasteiger partial charge < -0.3 is 0 Å². The Balaban J connectivity index is 3.15. The van der Waals surface area contributed by atoms with Crippen molar-refractivity contribution < 1.29 is 8.42 Å². The monoisotopic (exact) mass is 233 g/mol. The molecule has 2 N–H and O–H groups in total. The van der Waals surface area contributed by atoms with Crippen LogP contribution < -0.4 is 5.14 Å². The van der Waals surface area contributed by atoms with Crippen LogP contribution in [0.15, 0.2) is 21.8 Å². The third-order valence-corrected chi connectivity index (χ3v) is 6.55. The van der Waals surface area contributed by atoms with E-state index in [2.05, 4.69) is 0 Å². The van der Waals surface area contributed by atoms with Crippen LogP contribution in [0.4, 0.5) is 0 Å². The second-order valence-electron chi connectivity index (χ2n) is 1.87. The van der Waals surface area contributed by atoms with Gasteiger partial charge >= 0.3 is 0 Å². The predicted octanol–water partition coefficient (Wildman–Crippen LogP) is 1.76. The Morgan fingerprint density at radius 3 is 2.18 bits per heavy atom. The lowest BCUT2D eigenvalue weighted by atomic mass is 10.6. The van der Waals surface area contributed by atoms with Gasteiger partial charge in [-0.25, -0.2) is 13.6 Å². The molecule has 0 aliphatic carbocycles. The van der Waals surface area contributed by atoms with E-state index in [9.17, 15) is 8.42 Å². The van der Waals surface area contributed by atoms with Crippen LogP contribution in [0.25, 0.3) is 0 Å². The molecule has 0 fully saturated rings. The lowest BCUT2D eigenvalue weighted by Gasteiger charge is -2.17. The molecule has 1 heterocycles. The maximum absolute atomic E-state index is 10.8. The molecule has 0 bridgehead atoms. The van der Waals surface area contributed by atoms with Crippen LogP contribution in [0.2, 0.25) is 0 Å². The molecule has 64 valence electrons. The van der Waals surface area contributed by atoms with E-state index in [0.717, 1.165) is 0 Å². The molecule has 0 aromatic heterocycles. The summed E-state index contributed by atoms with van der Waals surface area (Å²) in [6.45, 7) is 0. The van der Waals surface area contributed by atoms with Crippen LogP contribution in [-0.4, -0.2) is 8.42 Å². The average molecular weight is 234 g/mol. The van der Waals surface area contributed by atoms with Crippen molar-refractivity contribution in [3.05, 3.63) is 21.8 Å². The number of hydrogen-bond acceptors (Lipinski definition) is 2. The number of primary sulfonamides is 1. The number of nitrogens with two attached hydrogens (primary N) is 1. The van der Waals surface area contributed by atoms with Gasteiger partial charge in [0, 0.05) is 0 Å². The SMILES string of the molecule is NS(=O)(=O)C1=CC=CS1(Cl)Cl. The van der Waals surface area contributed by atoms with Crippen molar-refractivity contribution in [2.75, 3.05) is 0 Å². The summed E-state index contributed by atoms with van der Waals surface area (Å²) in [5.74, 6) is 0. The van der Waals surface area contributed by atoms with Crippen LogP contribution in [0.3, 0.4) is 0 Å². The fourth-order valence-corrected chi connectivity index (χ4v) is 5.21. The molecule has 0 unspecified atom stereocenters. The molecule has 0 aromatic carbocycles. The highest BCUT2D eigenvalue weighted by Crippen LogP contribution is 2.69. The summed E-state index contributed by atoms with van der Waals surface area (Å²) in [6.07, 6.45) is 2.79. The molecule has 7 heteroatoms. The fraction of sp³-hybridized carbons (Fsp3) is 0. The molecule has 1 rings (SSSR count). The molecule has 0 spiro atoms. The first-order chi connectivity index (χ1) is 4.84. The van der Waals surface area contributed by atoms with Gasteiger partial charge in [0.1, 0.15) is 4.24 Å². The zero-order chi connectivity index (χ0) is 8.70. The van der Waals surface area contributed by atoms with E-state index in [1.807, 2.05) is 0 Å². The largest absolute Gasteiger partial charge is 0.245 e. The number of hydrogen-bond donors (Lipinski definition) is 1. The van der Waals surface area contributed by atoms with Crippen LogP contribution in [-0.2, 0) is 10.0 Å². The molecule has 0 saturated heterocycles. The van der Waals surface area contributed by atoms with Crippen LogP contribution in [0.1, 0.15) is 0 Å². The summed E-state index contributed by atoms with van der Waals surface area (Å²) in [5, 5.41) is 6.26. The van der Waals surface area contributed by atoms with Gasteiger partial charge in [-0.05, 0) is 41.3 Å². The molecule has 1 aliphatic heterocycles. The molecule has 0 radical (unpaired) electrons. The van der Waals surface area contributed by atoms with Gasteiger partial charge in [0.25, 0.3) is 0 Å². The summed E-state index contributed by atoms with van der Waals surface area (Å²) >= 11 is 0. The Morgan fingerprint density at radius 2 is 2.00 bits per heavy atom. The highest BCUT2D eigenvalue weighted by molar-refractivity contribution is 8.73. The van der Waals surface area contributed by atoms with Crippen molar-refractivity contribution in [3.8, 4) is 0 Å². The number of sulfonamides is 1. The Hall–Kier alpha value is 0.320. The van der Waals surface area contributed by atoms with E-state index in [0.29, 0.717) is 0 Å². The molecule has 0 amide bonds. The van der Waals surface area contributed by atoms with Gasteiger partial charge in [0.15, 0.2) is 0 Å². The van der Waals surface area contributed by atoms with E-state index in [1.54, 1.807) is 0 Å². The average Bonchev–Trinajstić information content (AvgIpc) is 2.06. The zero-order valence-corrected chi connectivity index (χ0v) is 8.34. The third kappa shape index (κ3) is 1.91. The second kappa shape index (κ2) is 2.67. The highest BCUT2D eigenvalue weighted by Gasteiger charge is 2.31. The van der Waals surface area contributed by atoms with Gasteiger partial charge in [-0.1, -0.05) is 6.08 Å². The minimum absolute atomic E-state index is 0.103. The third-order valence-electron chi connectivity index (χ3n) is 1.03. The first kappa shape index (κ1) is 9.41. The summed E-state index contributed by atoms with van der Waals surface area (Å²) < 4.78 is 21.4. The normalized spacial score (nSPS) is 24.8. The van der Waals surface area contributed by atoms with Gasteiger partial charge in [-0.15, -0.1) is 0 Å². The van der Waals surface area contributed by atoms with E-state index in [-0.39, 0.29) is 4.24 Å². The van der Waals surface area contributed by atoms with E-state index in [1.165, 1.54) is 17.6 Å². The van der Waals surface area contributed by atoms with Crippen molar-refractivity contribution in [2.45, 2.75) is 0 Å². The minimum atomic E-state index is -3.74. The summed E-state index contributed by atoms with van der Waals surface area (Å²) in [4.78, 5) is 0. The van der Waals surface area contributed by atoms with Gasteiger partial charge in [-0.3, -0.25) is 0 Å². The summed E-state index contributed by atoms with van der Waals surface area (Å²) in [6, 6.07) is 0. The quantitative estimate of drug-likeness (QED) is 0.751. The molecule has 11 heavy (non-hydrogen) atoms. The number of rotatable bonds is 1. The lowest BCUT2D eigenvalue weighted by Crippen LogP contribution is -2.14. The molecule has 1 aliphatic rings. The maximum Gasteiger partial charge on any atom is 0.245 e. The van der Waals surface area contributed by atoms with E-state index < -0.39 is 18.5 Å². The van der Waals surface area contributed by atoms with E-state index in [4.69, 9.17) is 26.5 Å². The topological polar surface area (TPSA) is 60.2 Å². The molecule has 0 aromatic rings. The maximum atomic E-state index is 10.8. The van der Waals surface area contributed by atoms with Crippen molar-refractivity contribution >= 4 is 39.8 Å². The molecule has 0 atom stereocenters. The first-order valence-corrected chi connectivity index (χ1v) is 7.37. The first-order valence-electron chi connectivity index (χ1n) is 2.48. The van der Waals surface area contributed by atoms with Crippen molar-refractivity contribution in [1.82, 2.24) is 0 Å². The predicted molar refractivity (Wildman–Crippen MR) is 49.6 cm³/mol. The zero-order valence-electron chi connectivity index (χ0n) is 5.20. The fourth-order valence-electron chi connectivity index (χ4n) is 0.624. The van der Waals surface area contributed by atoms with Gasteiger partial charge in [0.2, 0.25) is 10.0 Å². The second-order valence-corrected chi connectivity index (χ2v) is 8.78. The smallest absolute Gasteiger partial charge is 0.224 e. The summed E-state index contributed by atoms with van der Waals surface area (Å²) in [7, 11) is 5.23. The molecular formula is C4H5Cl2NO2S2. The van der Waals surface area contributed by atoms with E-state index >= 15 is 0 Å². The minimum Gasteiger partial charge on any atom is -0.224 e. The molecule has 0 saturated carbocycles. The summed E-state index contributed by atoms with van der Waals surface area (Å²) in [5.41, 5.74) is 0. The number of halogens is 2. The standard InChI is InChI=1S/C4H5Cl2NO2S2/c5-10(6)3-1-2-4(10)11(7,8)9/h1-3H,(H2,7,8,9). The van der Waals surface area contributed by atoms with Crippen LogP contribution in [0, 0.1) is 0 Å². The molecular weight excluding hydrogens is 229 g/mol. The van der Waals surface area contributed by atoms with Gasteiger partial charge in [0.05, 0.1) is 0 Å². The Labute approximate surface area is 75.2 Å². The van der Waals surface area contributed by atoms with Gasteiger partial charge in [-0.2, -0.15) is 0 Å². The number of allylic oxidation sites excluding steroid dienone is 2. The highest BCUT2D eigenvalue weighted by atomic mass is 36.0. The Bertz CT molecular complexity index is 330. The van der Waals surface area contributed by atoms with Crippen LogP contribution >= 0.6 is 29.8 Å².